The van der Waals surface area contributed by atoms with Crippen molar-refractivity contribution in [3.05, 3.63) is 70.3 Å². The molecule has 0 radical (unpaired) electrons. The largest absolute Gasteiger partial charge is 0.530 e. The van der Waals surface area contributed by atoms with E-state index in [0.717, 1.165) is 24.0 Å². The minimum atomic E-state index is -1.13. The van der Waals surface area contributed by atoms with Crippen molar-refractivity contribution in [1.82, 2.24) is 9.80 Å². The first-order valence-corrected chi connectivity index (χ1v) is 10.4. The van der Waals surface area contributed by atoms with Crippen molar-refractivity contribution in [2.24, 2.45) is 0 Å². The quantitative estimate of drug-likeness (QED) is 0.725. The number of nitrogens with zero attached hydrogens (tertiary/aromatic N) is 2. The highest BCUT2D eigenvalue weighted by Crippen LogP contribution is 2.36. The van der Waals surface area contributed by atoms with Crippen LogP contribution in [-0.4, -0.2) is 60.2 Å². The van der Waals surface area contributed by atoms with E-state index >= 15 is 0 Å². The van der Waals surface area contributed by atoms with Crippen LogP contribution in [0.4, 0.5) is 4.79 Å². The standard InChI is InChI=1S/C24H28N2O4/c1-17-11-18(2)13-21(12-17)22(27)30-16-24(14-19-5-3-4-6-20(19)15-24)26-9-7-25(8-10-26)23(28)29/h3-6,11-13H,7-10,14-16H2,1-2H3,(H,28,29)/p-1. The summed E-state index contributed by atoms with van der Waals surface area (Å²) in [7, 11) is 0. The fourth-order valence-electron chi connectivity index (χ4n) is 4.83. The molecule has 158 valence electrons. The Labute approximate surface area is 177 Å². The lowest BCUT2D eigenvalue weighted by Gasteiger charge is -2.46. The molecule has 0 atom stereocenters. The van der Waals surface area contributed by atoms with Gasteiger partial charge in [-0.1, -0.05) is 41.5 Å². The Kier molecular flexibility index (Phi) is 5.52. The van der Waals surface area contributed by atoms with E-state index in [1.807, 2.05) is 44.2 Å². The second-order valence-electron chi connectivity index (χ2n) is 8.54. The van der Waals surface area contributed by atoms with Gasteiger partial charge in [-0.3, -0.25) is 4.90 Å². The van der Waals surface area contributed by atoms with Crippen molar-refractivity contribution in [1.29, 1.82) is 0 Å². The number of hydrogen-bond donors (Lipinski definition) is 0. The van der Waals surface area contributed by atoms with E-state index in [1.54, 1.807) is 0 Å². The molecule has 0 saturated carbocycles. The first-order chi connectivity index (χ1) is 14.4. The Morgan fingerprint density at radius 1 is 0.967 bits per heavy atom. The average molecular weight is 407 g/mol. The van der Waals surface area contributed by atoms with Crippen molar-refractivity contribution in [2.75, 3.05) is 32.8 Å². The minimum Gasteiger partial charge on any atom is -0.530 e. The summed E-state index contributed by atoms with van der Waals surface area (Å²) < 4.78 is 5.86. The topological polar surface area (TPSA) is 72.9 Å². The lowest BCUT2D eigenvalue weighted by molar-refractivity contribution is -0.267. The van der Waals surface area contributed by atoms with E-state index in [4.69, 9.17) is 4.74 Å². The number of carbonyl (C=O) groups excluding carboxylic acids is 2. The first-order valence-electron chi connectivity index (χ1n) is 10.4. The van der Waals surface area contributed by atoms with E-state index < -0.39 is 6.09 Å². The van der Waals surface area contributed by atoms with Crippen LogP contribution in [0.2, 0.25) is 0 Å². The van der Waals surface area contributed by atoms with E-state index in [0.29, 0.717) is 31.7 Å². The van der Waals surface area contributed by atoms with Crippen LogP contribution in [0.5, 0.6) is 0 Å². The lowest BCUT2D eigenvalue weighted by atomic mass is 9.93. The number of esters is 1. The maximum absolute atomic E-state index is 12.8. The van der Waals surface area contributed by atoms with Crippen molar-refractivity contribution in [2.45, 2.75) is 32.2 Å². The summed E-state index contributed by atoms with van der Waals surface area (Å²) in [5.41, 5.74) is 4.81. The van der Waals surface area contributed by atoms with Gasteiger partial charge in [-0.2, -0.15) is 0 Å². The number of benzene rings is 2. The van der Waals surface area contributed by atoms with E-state index in [-0.39, 0.29) is 18.1 Å². The minimum absolute atomic E-state index is 0.277. The molecule has 4 rings (SSSR count). The van der Waals surface area contributed by atoms with Gasteiger partial charge in [0.2, 0.25) is 0 Å². The predicted octanol–water partition coefficient (Wildman–Crippen LogP) is 1.96. The lowest BCUT2D eigenvalue weighted by Crippen LogP contribution is -2.61. The number of ether oxygens (including phenoxy) is 1. The molecule has 1 aliphatic heterocycles. The van der Waals surface area contributed by atoms with E-state index in [1.165, 1.54) is 16.0 Å². The SMILES string of the molecule is Cc1cc(C)cc(C(=O)OCC2(N3CCN(C(=O)[O-])CC3)Cc3ccccc3C2)c1. The zero-order chi connectivity index (χ0) is 21.3. The number of rotatable bonds is 4. The summed E-state index contributed by atoms with van der Waals surface area (Å²) >= 11 is 0. The third-order valence-corrected chi connectivity index (χ3v) is 6.30. The Morgan fingerprint density at radius 3 is 2.07 bits per heavy atom. The van der Waals surface area contributed by atoms with Crippen molar-refractivity contribution >= 4 is 12.1 Å². The molecule has 2 aromatic carbocycles. The Balaban J connectivity index is 1.53. The van der Waals surface area contributed by atoms with Crippen LogP contribution in [0.15, 0.2) is 42.5 Å². The van der Waals surface area contributed by atoms with E-state index in [2.05, 4.69) is 17.0 Å². The van der Waals surface area contributed by atoms with Gasteiger partial charge in [-0.15, -0.1) is 0 Å². The highest BCUT2D eigenvalue weighted by Gasteiger charge is 2.44. The predicted molar refractivity (Wildman–Crippen MR) is 111 cm³/mol. The van der Waals surface area contributed by atoms with Gasteiger partial charge < -0.3 is 19.5 Å². The molecule has 30 heavy (non-hydrogen) atoms. The Bertz CT molecular complexity index is 918. The van der Waals surface area contributed by atoms with Crippen LogP contribution < -0.4 is 5.11 Å². The summed E-state index contributed by atoms with van der Waals surface area (Å²) in [6, 6.07) is 14.0. The molecular weight excluding hydrogens is 380 g/mol. The van der Waals surface area contributed by atoms with Gasteiger partial charge in [0.25, 0.3) is 0 Å². The summed E-state index contributed by atoms with van der Waals surface area (Å²) in [5, 5.41) is 11.2. The van der Waals surface area contributed by atoms with Crippen LogP contribution in [-0.2, 0) is 17.6 Å². The van der Waals surface area contributed by atoms with Crippen LogP contribution >= 0.6 is 0 Å². The second-order valence-corrected chi connectivity index (χ2v) is 8.54. The van der Waals surface area contributed by atoms with Gasteiger partial charge in [0.05, 0.1) is 11.1 Å². The zero-order valence-electron chi connectivity index (χ0n) is 17.5. The van der Waals surface area contributed by atoms with Gasteiger partial charge in [0.1, 0.15) is 12.7 Å². The molecule has 6 nitrogen and oxygen atoms in total. The first kappa shape index (κ1) is 20.4. The van der Waals surface area contributed by atoms with Crippen molar-refractivity contribution in [3.63, 3.8) is 0 Å². The molecule has 6 heteroatoms. The molecule has 2 aliphatic rings. The van der Waals surface area contributed by atoms with Crippen molar-refractivity contribution in [3.8, 4) is 0 Å². The number of carboxylic acid groups (broad SMARTS) is 1. The molecule has 1 fully saturated rings. The van der Waals surface area contributed by atoms with Crippen LogP contribution in [0.1, 0.15) is 32.6 Å². The third-order valence-electron chi connectivity index (χ3n) is 6.30. The number of carbonyl (C=O) groups is 2. The number of hydrogen-bond acceptors (Lipinski definition) is 5. The normalized spacial score (nSPS) is 18.1. The number of aryl methyl sites for hydroxylation is 2. The molecule has 2 aromatic rings. The fraction of sp³-hybridized carbons (Fsp3) is 0.417. The Hall–Kier alpha value is -2.86. The van der Waals surface area contributed by atoms with Gasteiger partial charge >= 0.3 is 5.97 Å². The molecule has 0 aromatic heterocycles. The van der Waals surface area contributed by atoms with Gasteiger partial charge in [0.15, 0.2) is 0 Å². The molecule has 0 unspecified atom stereocenters. The van der Waals surface area contributed by atoms with Gasteiger partial charge in [-0.05, 0) is 49.9 Å². The van der Waals surface area contributed by atoms with Crippen LogP contribution in [0.25, 0.3) is 0 Å². The Morgan fingerprint density at radius 2 is 1.53 bits per heavy atom. The van der Waals surface area contributed by atoms with Gasteiger partial charge in [0, 0.05) is 26.2 Å². The number of piperazine rings is 1. The highest BCUT2D eigenvalue weighted by atomic mass is 16.5. The monoisotopic (exact) mass is 407 g/mol. The molecule has 0 N–H and O–H groups in total. The summed E-state index contributed by atoms with van der Waals surface area (Å²) in [5.74, 6) is -0.314. The molecule has 0 spiro atoms. The van der Waals surface area contributed by atoms with Gasteiger partial charge in [-0.25, -0.2) is 4.79 Å². The molecule has 1 amide bonds. The number of amides is 1. The summed E-state index contributed by atoms with van der Waals surface area (Å²) in [6.45, 7) is 6.23. The molecule has 1 aliphatic carbocycles. The molecule has 1 saturated heterocycles. The third kappa shape index (κ3) is 4.05. The van der Waals surface area contributed by atoms with E-state index in [9.17, 15) is 14.7 Å². The summed E-state index contributed by atoms with van der Waals surface area (Å²) in [4.78, 5) is 27.6. The molecule has 1 heterocycles. The second kappa shape index (κ2) is 8.11. The fourth-order valence-corrected chi connectivity index (χ4v) is 4.83. The maximum Gasteiger partial charge on any atom is 0.338 e. The maximum atomic E-state index is 12.8. The molecule has 0 bridgehead atoms. The summed E-state index contributed by atoms with van der Waals surface area (Å²) in [6.07, 6.45) is 0.447. The van der Waals surface area contributed by atoms with Crippen molar-refractivity contribution < 1.29 is 19.4 Å². The average Bonchev–Trinajstić information content (AvgIpc) is 3.11. The van der Waals surface area contributed by atoms with Crippen LogP contribution in [0, 0.1) is 13.8 Å². The highest BCUT2D eigenvalue weighted by molar-refractivity contribution is 5.89. The van der Waals surface area contributed by atoms with Crippen LogP contribution in [0.3, 0.4) is 0 Å². The number of fused-ring (bicyclic) bond motifs is 1. The molecular formula is C24H27N2O4-. The zero-order valence-corrected chi connectivity index (χ0v) is 17.5. The smallest absolute Gasteiger partial charge is 0.338 e.